The van der Waals surface area contributed by atoms with Crippen LogP contribution in [-0.2, 0) is 16.0 Å². The van der Waals surface area contributed by atoms with Crippen LogP contribution in [0.5, 0.6) is 5.75 Å². The number of anilines is 1. The van der Waals surface area contributed by atoms with E-state index >= 15 is 0 Å². The summed E-state index contributed by atoms with van der Waals surface area (Å²) in [4.78, 5) is 3.34. The molecule has 0 spiro atoms. The third-order valence-corrected chi connectivity index (χ3v) is 3.83. The van der Waals surface area contributed by atoms with Gasteiger partial charge in [0, 0.05) is 6.42 Å². The minimum absolute atomic E-state index is 0.0701. The zero-order valence-electron chi connectivity index (χ0n) is 13.9. The van der Waals surface area contributed by atoms with Crippen molar-refractivity contribution in [1.29, 1.82) is 5.26 Å². The molecule has 0 aromatic heterocycles. The maximum atomic E-state index is 13.3. The van der Waals surface area contributed by atoms with Crippen molar-refractivity contribution in [3.8, 4) is 11.8 Å². The summed E-state index contributed by atoms with van der Waals surface area (Å²) in [5.74, 6) is -2.22. The zero-order valence-corrected chi connectivity index (χ0v) is 14.7. The van der Waals surface area contributed by atoms with Crippen LogP contribution < -0.4 is 11.1 Å². The largest absolute Gasteiger partial charge is 0.754 e. The van der Waals surface area contributed by atoms with Crippen LogP contribution in [0.25, 0.3) is 0 Å². The first kappa shape index (κ1) is 21.2. The number of amidine groups is 2. The van der Waals surface area contributed by atoms with Gasteiger partial charge >= 0.3 is 6.18 Å². The van der Waals surface area contributed by atoms with E-state index in [1.54, 1.807) is 6.07 Å². The van der Waals surface area contributed by atoms with Crippen molar-refractivity contribution in [3.63, 3.8) is 0 Å². The maximum Gasteiger partial charge on any atom is 0.414 e. The summed E-state index contributed by atoms with van der Waals surface area (Å²) in [7, 11) is 0. The molecular weight excluding hydrogens is 403 g/mol. The highest BCUT2D eigenvalue weighted by molar-refractivity contribution is 7.78. The molecule has 150 valence electrons. The fraction of sp³-hybridized carbons (Fsp3) is 0.267. The van der Waals surface area contributed by atoms with Crippen molar-refractivity contribution in [2.45, 2.75) is 24.7 Å². The number of benzene rings is 1. The average molecular weight is 416 g/mol. The number of alkyl halides is 3. The van der Waals surface area contributed by atoms with Gasteiger partial charge in [0.1, 0.15) is 12.2 Å². The quantitative estimate of drug-likeness (QED) is 0.290. The monoisotopic (exact) mass is 416 g/mol. The molecule has 3 unspecified atom stereocenters. The van der Waals surface area contributed by atoms with Crippen LogP contribution >= 0.6 is 0 Å². The number of halogens is 3. The van der Waals surface area contributed by atoms with Gasteiger partial charge in [-0.3, -0.25) is 4.21 Å². The second-order valence-electron chi connectivity index (χ2n) is 5.38. The van der Waals surface area contributed by atoms with Gasteiger partial charge in [0.05, 0.1) is 28.8 Å². The number of aromatic hydroxyl groups is 1. The topological polar surface area (TPSA) is 156 Å². The van der Waals surface area contributed by atoms with E-state index in [-0.39, 0.29) is 17.7 Å². The number of nitrogens with zero attached hydrogens (tertiary/aromatic N) is 3. The molecule has 2 rings (SSSR count). The first-order valence-electron chi connectivity index (χ1n) is 7.51. The van der Waals surface area contributed by atoms with Gasteiger partial charge in [0.15, 0.2) is 23.5 Å². The van der Waals surface area contributed by atoms with Crippen LogP contribution in [0.3, 0.4) is 0 Å². The Bertz CT molecular complexity index is 887. The molecule has 9 nitrogen and oxygen atoms in total. The van der Waals surface area contributed by atoms with Gasteiger partial charge in [-0.15, -0.1) is 0 Å². The van der Waals surface area contributed by atoms with Crippen LogP contribution in [0.1, 0.15) is 12.0 Å². The van der Waals surface area contributed by atoms with Gasteiger partial charge in [0.2, 0.25) is 0 Å². The lowest BCUT2D eigenvalue weighted by Crippen LogP contribution is -2.42. The van der Waals surface area contributed by atoms with Crippen molar-refractivity contribution < 1.29 is 31.8 Å². The molecule has 1 aliphatic rings. The molecule has 0 bridgehead atoms. The lowest BCUT2D eigenvalue weighted by Gasteiger charge is -2.23. The molecule has 1 aromatic rings. The van der Waals surface area contributed by atoms with Gasteiger partial charge in [-0.1, -0.05) is 6.07 Å². The minimum Gasteiger partial charge on any atom is -0.754 e. The van der Waals surface area contributed by atoms with Gasteiger partial charge in [-0.2, -0.15) is 22.8 Å². The van der Waals surface area contributed by atoms with E-state index in [0.717, 1.165) is 6.26 Å². The molecule has 0 aliphatic carbocycles. The standard InChI is InChI=1S/C15H14F3N5O4S/c16-15(17,18)12(10-5-2-6-27-10)22-13(20)14(23-28(25)26)21-9-4-1-3-8(7-19)11(9)24/h1-4,6,10,12,24H,5H2,(H2,20,22)(H,21,23)(H,25,26)/p-1. The average Bonchev–Trinajstić information content (AvgIpc) is 3.13. The Labute approximate surface area is 159 Å². The number of nitrogens with two attached hydrogens (primary N) is 1. The smallest absolute Gasteiger partial charge is 0.414 e. The number of nitriles is 1. The van der Waals surface area contributed by atoms with E-state index in [0.29, 0.717) is 0 Å². The lowest BCUT2D eigenvalue weighted by molar-refractivity contribution is -0.166. The van der Waals surface area contributed by atoms with E-state index in [1.807, 2.05) is 0 Å². The summed E-state index contributed by atoms with van der Waals surface area (Å²) in [6.07, 6.45) is -3.79. The normalized spacial score (nSPS) is 19.6. The highest BCUT2D eigenvalue weighted by Crippen LogP contribution is 2.31. The zero-order chi connectivity index (χ0) is 20.9. The molecular formula is C15H13F3N5O4S-. The number of rotatable bonds is 4. The van der Waals surface area contributed by atoms with Crippen LogP contribution in [-0.4, -0.2) is 43.9 Å². The van der Waals surface area contributed by atoms with Gasteiger partial charge in [-0.05, 0) is 18.2 Å². The minimum atomic E-state index is -4.83. The highest BCUT2D eigenvalue weighted by atomic mass is 32.2. The molecule has 0 saturated carbocycles. The van der Waals surface area contributed by atoms with Crippen molar-refractivity contribution in [2.75, 3.05) is 5.32 Å². The molecule has 1 aliphatic heterocycles. The molecule has 28 heavy (non-hydrogen) atoms. The number of nitrogens with one attached hydrogen (secondary N) is 1. The molecule has 0 fully saturated rings. The van der Waals surface area contributed by atoms with Crippen LogP contribution in [0.15, 0.2) is 39.9 Å². The fourth-order valence-electron chi connectivity index (χ4n) is 2.25. The predicted octanol–water partition coefficient (Wildman–Crippen LogP) is 1.46. The second-order valence-corrected chi connectivity index (χ2v) is 6.00. The van der Waals surface area contributed by atoms with Gasteiger partial charge in [-0.25, -0.2) is 4.99 Å². The molecule has 4 N–H and O–H groups in total. The molecule has 0 saturated heterocycles. The highest BCUT2D eigenvalue weighted by Gasteiger charge is 2.46. The summed E-state index contributed by atoms with van der Waals surface area (Å²) >= 11 is -3.10. The number of para-hydroxylation sites is 1. The number of ether oxygens (including phenoxy) is 1. The number of phenolic OH excluding ortho intramolecular Hbond substituents is 1. The number of phenols is 1. The molecule has 0 amide bonds. The van der Waals surface area contributed by atoms with Crippen molar-refractivity contribution in [3.05, 3.63) is 36.1 Å². The van der Waals surface area contributed by atoms with Gasteiger partial charge < -0.3 is 25.4 Å². The Morgan fingerprint density at radius 3 is 2.79 bits per heavy atom. The first-order valence-corrected chi connectivity index (χ1v) is 8.54. The molecule has 3 atom stereocenters. The predicted molar refractivity (Wildman–Crippen MR) is 92.9 cm³/mol. The second kappa shape index (κ2) is 8.72. The summed E-state index contributed by atoms with van der Waals surface area (Å²) in [5, 5.41) is 21.1. The number of hydrogen-bond acceptors (Lipinski definition) is 6. The number of aliphatic imine (C=N–C) groups is 1. The maximum absolute atomic E-state index is 13.3. The van der Waals surface area contributed by atoms with Crippen molar-refractivity contribution in [1.82, 2.24) is 0 Å². The Kier molecular flexibility index (Phi) is 6.60. The van der Waals surface area contributed by atoms with Crippen LogP contribution in [0, 0.1) is 11.3 Å². The van der Waals surface area contributed by atoms with E-state index in [1.165, 1.54) is 24.3 Å². The number of hydrogen-bond donors (Lipinski definition) is 3. The van der Waals surface area contributed by atoms with Crippen molar-refractivity contribution >= 4 is 28.6 Å². The lowest BCUT2D eigenvalue weighted by atomic mass is 10.1. The SMILES string of the molecule is N#Cc1cccc(NC(=NS(=O)[O-])C(N)=NC(C2CC=CO2)C(F)(F)F)c1O. The van der Waals surface area contributed by atoms with E-state index < -0.39 is 47.0 Å². The molecule has 1 aromatic carbocycles. The van der Waals surface area contributed by atoms with Gasteiger partial charge in [0.25, 0.3) is 0 Å². The first-order chi connectivity index (χ1) is 13.1. The van der Waals surface area contributed by atoms with Crippen molar-refractivity contribution in [2.24, 2.45) is 15.1 Å². The third kappa shape index (κ3) is 5.21. The fourth-order valence-corrected chi connectivity index (χ4v) is 2.54. The van der Waals surface area contributed by atoms with E-state index in [4.69, 9.17) is 15.7 Å². The summed E-state index contributed by atoms with van der Waals surface area (Å²) in [6.45, 7) is 0. The molecule has 1 heterocycles. The summed E-state index contributed by atoms with van der Waals surface area (Å²) < 4.78 is 69.8. The Balaban J connectivity index is 2.40. The summed E-state index contributed by atoms with van der Waals surface area (Å²) in [5.41, 5.74) is 5.19. The Morgan fingerprint density at radius 2 is 2.25 bits per heavy atom. The van der Waals surface area contributed by atoms with E-state index in [2.05, 4.69) is 14.7 Å². The molecule has 0 radical (unpaired) electrons. The molecule has 13 heteroatoms. The van der Waals surface area contributed by atoms with Crippen LogP contribution in [0.4, 0.5) is 18.9 Å². The third-order valence-electron chi connectivity index (χ3n) is 3.50. The Hall–Kier alpha value is -3.11. The summed E-state index contributed by atoms with van der Waals surface area (Å²) in [6, 6.07) is 3.15. The Morgan fingerprint density at radius 1 is 1.54 bits per heavy atom. The van der Waals surface area contributed by atoms with E-state index in [9.17, 15) is 27.0 Å². The van der Waals surface area contributed by atoms with Crippen LogP contribution in [0.2, 0.25) is 0 Å².